The van der Waals surface area contributed by atoms with Crippen LogP contribution in [0.25, 0.3) is 0 Å². The molecule has 0 bridgehead atoms. The molecule has 8 heteroatoms. The summed E-state index contributed by atoms with van der Waals surface area (Å²) in [6, 6.07) is 0. The Morgan fingerprint density at radius 3 is 2.56 bits per heavy atom. The molecule has 0 spiro atoms. The lowest BCUT2D eigenvalue weighted by Gasteiger charge is -2.66. The molecule has 0 aromatic heterocycles. The van der Waals surface area contributed by atoms with Gasteiger partial charge >= 0.3 is 5.97 Å². The number of esters is 1. The fraction of sp³-hybridized carbons (Fsp3) is 0.786. The number of carbonyl (C=O) groups excluding carboxylic acids is 2. The second-order valence-electron chi connectivity index (χ2n) is 12.2. The molecule has 6 atom stereocenters. The van der Waals surface area contributed by atoms with Gasteiger partial charge in [0.25, 0.3) is 0 Å². The molecule has 2 heterocycles. The van der Waals surface area contributed by atoms with Gasteiger partial charge in [-0.1, -0.05) is 25.5 Å². The maximum atomic E-state index is 13.9. The molecule has 0 aromatic rings. The highest BCUT2D eigenvalue weighted by atomic mass is 16.6. The standard InChI is InChI=1S/C28H43NO7/c1-7-25(4)18-21(31)28(33)26(5)19(24(2,3)11-10-20(26)30)17-22(27(28,6)36-25)35-23(32)9-8-12-29-13-15-34-16-14-29/h7,17,20,22,30,33H,1,8-16,18H2,2-6H3/t20-,22-,25-,26+,27+,28-/m0/s1. The predicted octanol–water partition coefficient (Wildman–Crippen LogP) is 2.56. The summed E-state index contributed by atoms with van der Waals surface area (Å²) >= 11 is 0. The lowest BCUT2D eigenvalue weighted by Crippen LogP contribution is -2.81. The van der Waals surface area contributed by atoms with Gasteiger partial charge in [0.1, 0.15) is 5.60 Å². The van der Waals surface area contributed by atoms with Crippen LogP contribution in [0.1, 0.15) is 66.7 Å². The zero-order chi connectivity index (χ0) is 26.6. The van der Waals surface area contributed by atoms with E-state index < -0.39 is 51.6 Å². The molecule has 4 aliphatic rings. The molecule has 0 aromatic carbocycles. The average Bonchev–Trinajstić information content (AvgIpc) is 2.82. The van der Waals surface area contributed by atoms with Crippen LogP contribution in [0, 0.1) is 10.8 Å². The van der Waals surface area contributed by atoms with Gasteiger partial charge in [0.2, 0.25) is 0 Å². The number of hydrogen-bond acceptors (Lipinski definition) is 8. The van der Waals surface area contributed by atoms with Crippen molar-refractivity contribution in [1.29, 1.82) is 0 Å². The molecule has 3 fully saturated rings. The normalized spacial score (nSPS) is 42.6. The van der Waals surface area contributed by atoms with E-state index in [1.165, 1.54) is 0 Å². The highest BCUT2D eigenvalue weighted by molar-refractivity contribution is 5.93. The Morgan fingerprint density at radius 1 is 1.25 bits per heavy atom. The lowest BCUT2D eigenvalue weighted by molar-refractivity contribution is -0.305. The van der Waals surface area contributed by atoms with E-state index in [4.69, 9.17) is 14.2 Å². The summed E-state index contributed by atoms with van der Waals surface area (Å²) in [6.45, 7) is 16.9. The molecular weight excluding hydrogens is 462 g/mol. The van der Waals surface area contributed by atoms with Gasteiger partial charge in [-0.15, -0.1) is 6.58 Å². The summed E-state index contributed by atoms with van der Waals surface area (Å²) in [6.07, 6.45) is 3.31. The first kappa shape index (κ1) is 27.5. The van der Waals surface area contributed by atoms with Crippen molar-refractivity contribution in [2.45, 2.75) is 95.7 Å². The van der Waals surface area contributed by atoms with Gasteiger partial charge in [-0.25, -0.2) is 0 Å². The van der Waals surface area contributed by atoms with E-state index in [1.54, 1.807) is 26.8 Å². The van der Waals surface area contributed by atoms with Crippen LogP contribution < -0.4 is 0 Å². The first-order valence-corrected chi connectivity index (χ1v) is 13.2. The SMILES string of the molecule is C=C[C@@]1(C)CC(=O)[C@@]2(O)[C@](C)(O1)[C@@H](OC(=O)CCCN1CCOCC1)C=C1C(C)(C)CC[C@H](O)[C@@]12C. The second kappa shape index (κ2) is 9.31. The molecule has 2 aliphatic carbocycles. The minimum absolute atomic E-state index is 0.0845. The third-order valence-corrected chi connectivity index (χ3v) is 9.34. The van der Waals surface area contributed by atoms with E-state index in [2.05, 4.69) is 11.5 Å². The topological polar surface area (TPSA) is 106 Å². The first-order chi connectivity index (χ1) is 16.7. The molecule has 4 rings (SSSR count). The van der Waals surface area contributed by atoms with E-state index >= 15 is 0 Å². The Bertz CT molecular complexity index is 940. The summed E-state index contributed by atoms with van der Waals surface area (Å²) in [5.74, 6) is -0.842. The van der Waals surface area contributed by atoms with E-state index in [0.717, 1.165) is 25.2 Å². The Hall–Kier alpha value is -1.58. The number of hydrogen-bond donors (Lipinski definition) is 2. The van der Waals surface area contributed by atoms with Crippen molar-refractivity contribution >= 4 is 11.8 Å². The van der Waals surface area contributed by atoms with Crippen molar-refractivity contribution in [3.05, 3.63) is 24.3 Å². The van der Waals surface area contributed by atoms with Crippen molar-refractivity contribution in [2.24, 2.45) is 10.8 Å². The van der Waals surface area contributed by atoms with E-state index in [-0.39, 0.29) is 12.8 Å². The summed E-state index contributed by atoms with van der Waals surface area (Å²) in [4.78, 5) is 29.2. The van der Waals surface area contributed by atoms with Crippen LogP contribution in [0.4, 0.5) is 0 Å². The van der Waals surface area contributed by atoms with Crippen molar-refractivity contribution in [1.82, 2.24) is 4.90 Å². The molecule has 0 unspecified atom stereocenters. The van der Waals surface area contributed by atoms with E-state index in [9.17, 15) is 19.8 Å². The summed E-state index contributed by atoms with van der Waals surface area (Å²) in [7, 11) is 0. The maximum absolute atomic E-state index is 13.9. The molecule has 8 nitrogen and oxygen atoms in total. The van der Waals surface area contributed by atoms with Crippen LogP contribution in [0.5, 0.6) is 0 Å². The van der Waals surface area contributed by atoms with Crippen molar-refractivity contribution in [3.8, 4) is 0 Å². The number of ketones is 1. The zero-order valence-corrected chi connectivity index (χ0v) is 22.5. The Balaban J connectivity index is 1.68. The molecule has 0 amide bonds. The number of rotatable bonds is 6. The Morgan fingerprint density at radius 2 is 1.92 bits per heavy atom. The fourth-order valence-electron chi connectivity index (χ4n) is 7.07. The number of ether oxygens (including phenoxy) is 3. The van der Waals surface area contributed by atoms with Crippen LogP contribution in [-0.2, 0) is 23.8 Å². The number of carbonyl (C=O) groups is 2. The Kier molecular flexibility index (Phi) is 7.10. The maximum Gasteiger partial charge on any atom is 0.306 e. The van der Waals surface area contributed by atoms with Crippen LogP contribution in [0.2, 0.25) is 0 Å². The largest absolute Gasteiger partial charge is 0.455 e. The third-order valence-electron chi connectivity index (χ3n) is 9.34. The van der Waals surface area contributed by atoms with Gasteiger partial charge in [0, 0.05) is 25.9 Å². The Labute approximate surface area is 214 Å². The van der Waals surface area contributed by atoms with Gasteiger partial charge in [-0.3, -0.25) is 14.5 Å². The first-order valence-electron chi connectivity index (χ1n) is 13.2. The van der Waals surface area contributed by atoms with E-state index in [1.807, 2.05) is 19.9 Å². The monoisotopic (exact) mass is 505 g/mol. The molecule has 2 aliphatic heterocycles. The molecule has 0 radical (unpaired) electrons. The highest BCUT2D eigenvalue weighted by Crippen LogP contribution is 2.64. The van der Waals surface area contributed by atoms with E-state index in [0.29, 0.717) is 32.5 Å². The summed E-state index contributed by atoms with van der Waals surface area (Å²) in [5, 5.41) is 23.7. The number of aliphatic hydroxyl groups is 2. The van der Waals surface area contributed by atoms with Crippen molar-refractivity contribution in [3.63, 3.8) is 0 Å². The van der Waals surface area contributed by atoms with Crippen molar-refractivity contribution < 1.29 is 34.0 Å². The van der Waals surface area contributed by atoms with Gasteiger partial charge in [-0.05, 0) is 58.1 Å². The molecule has 1 saturated carbocycles. The van der Waals surface area contributed by atoms with Crippen molar-refractivity contribution in [2.75, 3.05) is 32.8 Å². The molecule has 2 N–H and O–H groups in total. The zero-order valence-electron chi connectivity index (χ0n) is 22.5. The van der Waals surface area contributed by atoms with Crippen LogP contribution in [0.15, 0.2) is 24.3 Å². The number of nitrogens with zero attached hydrogens (tertiary/aromatic N) is 1. The van der Waals surface area contributed by atoms with Gasteiger partial charge in [-0.2, -0.15) is 0 Å². The van der Waals surface area contributed by atoms with Crippen LogP contribution in [-0.4, -0.2) is 88.7 Å². The molecular formula is C28H43NO7. The quantitative estimate of drug-likeness (QED) is 0.419. The summed E-state index contributed by atoms with van der Waals surface area (Å²) < 4.78 is 17.9. The fourth-order valence-corrected chi connectivity index (χ4v) is 7.07. The lowest BCUT2D eigenvalue weighted by atomic mass is 9.44. The minimum Gasteiger partial charge on any atom is -0.455 e. The third kappa shape index (κ3) is 4.09. The molecule has 2 saturated heterocycles. The predicted molar refractivity (Wildman–Crippen MR) is 134 cm³/mol. The molecule has 202 valence electrons. The number of morpholine rings is 1. The highest BCUT2D eigenvalue weighted by Gasteiger charge is 2.76. The number of Topliss-reactive ketones (excluding diaryl/α,β-unsaturated/α-hetero) is 1. The molecule has 36 heavy (non-hydrogen) atoms. The van der Waals surface area contributed by atoms with Crippen LogP contribution >= 0.6 is 0 Å². The van der Waals surface area contributed by atoms with Gasteiger partial charge in [0.15, 0.2) is 17.5 Å². The summed E-state index contributed by atoms with van der Waals surface area (Å²) in [5.41, 5.74) is -5.72. The van der Waals surface area contributed by atoms with Gasteiger partial charge in [0.05, 0.1) is 30.3 Å². The minimum atomic E-state index is -2.09. The number of aliphatic hydroxyl groups excluding tert-OH is 1. The van der Waals surface area contributed by atoms with Gasteiger partial charge < -0.3 is 24.4 Å². The number of fused-ring (bicyclic) bond motifs is 3. The smallest absolute Gasteiger partial charge is 0.306 e. The second-order valence-corrected chi connectivity index (χ2v) is 12.2. The average molecular weight is 506 g/mol. The van der Waals surface area contributed by atoms with Crippen LogP contribution in [0.3, 0.4) is 0 Å².